The minimum Gasteiger partial charge on any atom is -0.506 e. The standard InChI is InChI=1S/C21H23F3N2O4S/c1-14(15-4-6-16(7-5-15)21(22,23)24)12-20(28)25-18-13-17(8-9-19(18)27)31(29,30)26-10-2-3-11-26/h4-9,13-14,27H,2-3,10-12H2,1H3,(H,25,28). The van der Waals surface area contributed by atoms with Gasteiger partial charge in [0.25, 0.3) is 0 Å². The van der Waals surface area contributed by atoms with Crippen molar-refractivity contribution < 1.29 is 31.5 Å². The van der Waals surface area contributed by atoms with Gasteiger partial charge in [-0.15, -0.1) is 0 Å². The smallest absolute Gasteiger partial charge is 0.416 e. The minimum absolute atomic E-state index is 0.0294. The molecule has 6 nitrogen and oxygen atoms in total. The number of anilines is 1. The first kappa shape index (κ1) is 23.1. The van der Waals surface area contributed by atoms with E-state index in [1.165, 1.54) is 34.6 Å². The van der Waals surface area contributed by atoms with Gasteiger partial charge in [-0.2, -0.15) is 17.5 Å². The molecule has 0 bridgehead atoms. The average Bonchev–Trinajstić information content (AvgIpc) is 3.24. The summed E-state index contributed by atoms with van der Waals surface area (Å²) in [7, 11) is -3.72. The lowest BCUT2D eigenvalue weighted by Crippen LogP contribution is -2.28. The molecule has 168 valence electrons. The summed E-state index contributed by atoms with van der Waals surface area (Å²) in [6.45, 7) is 2.54. The van der Waals surface area contributed by atoms with E-state index < -0.39 is 27.7 Å². The van der Waals surface area contributed by atoms with Crippen molar-refractivity contribution in [3.05, 3.63) is 53.6 Å². The summed E-state index contributed by atoms with van der Waals surface area (Å²) >= 11 is 0. The summed E-state index contributed by atoms with van der Waals surface area (Å²) in [6.07, 6.45) is -2.93. The number of nitrogens with one attached hydrogen (secondary N) is 1. The van der Waals surface area contributed by atoms with Gasteiger partial charge in [-0.25, -0.2) is 8.42 Å². The van der Waals surface area contributed by atoms with Gasteiger partial charge in [0.1, 0.15) is 5.75 Å². The molecular weight excluding hydrogens is 433 g/mol. The molecule has 0 spiro atoms. The SMILES string of the molecule is CC(CC(=O)Nc1cc(S(=O)(=O)N2CCCC2)ccc1O)c1ccc(C(F)(F)F)cc1. The fourth-order valence-electron chi connectivity index (χ4n) is 3.45. The Morgan fingerprint density at radius 2 is 1.74 bits per heavy atom. The van der Waals surface area contributed by atoms with E-state index in [2.05, 4.69) is 5.32 Å². The normalized spacial score (nSPS) is 16.3. The molecule has 1 saturated heterocycles. The molecule has 2 aromatic carbocycles. The van der Waals surface area contributed by atoms with E-state index in [0.717, 1.165) is 25.0 Å². The number of phenolic OH excluding ortho intramolecular Hbond substituents is 1. The molecule has 1 atom stereocenters. The van der Waals surface area contributed by atoms with E-state index in [1.54, 1.807) is 6.92 Å². The number of amides is 1. The van der Waals surface area contributed by atoms with Crippen LogP contribution in [0.25, 0.3) is 0 Å². The Hall–Kier alpha value is -2.59. The Morgan fingerprint density at radius 3 is 2.32 bits per heavy atom. The molecule has 31 heavy (non-hydrogen) atoms. The van der Waals surface area contributed by atoms with Gasteiger partial charge >= 0.3 is 6.18 Å². The Morgan fingerprint density at radius 1 is 1.13 bits per heavy atom. The summed E-state index contributed by atoms with van der Waals surface area (Å²) < 4.78 is 64.8. The number of hydrogen-bond donors (Lipinski definition) is 2. The number of rotatable bonds is 6. The first-order chi connectivity index (χ1) is 14.5. The number of nitrogens with zero attached hydrogens (tertiary/aromatic N) is 1. The molecule has 1 heterocycles. The van der Waals surface area contributed by atoms with E-state index in [4.69, 9.17) is 0 Å². The molecule has 1 unspecified atom stereocenters. The summed E-state index contributed by atoms with van der Waals surface area (Å²) in [5, 5.41) is 12.5. The van der Waals surface area contributed by atoms with E-state index in [1.807, 2.05) is 0 Å². The van der Waals surface area contributed by atoms with Crippen LogP contribution in [0.2, 0.25) is 0 Å². The van der Waals surface area contributed by atoms with Crippen LogP contribution in [0.5, 0.6) is 5.75 Å². The van der Waals surface area contributed by atoms with Gasteiger partial charge < -0.3 is 10.4 Å². The maximum atomic E-state index is 12.7. The molecule has 0 radical (unpaired) electrons. The van der Waals surface area contributed by atoms with Crippen LogP contribution in [0.1, 0.15) is 43.2 Å². The topological polar surface area (TPSA) is 86.7 Å². The second-order valence-electron chi connectivity index (χ2n) is 7.56. The number of benzene rings is 2. The molecule has 10 heteroatoms. The minimum atomic E-state index is -4.43. The van der Waals surface area contributed by atoms with Crippen molar-refractivity contribution in [2.75, 3.05) is 18.4 Å². The molecule has 2 N–H and O–H groups in total. The molecule has 2 aromatic rings. The third-order valence-electron chi connectivity index (χ3n) is 5.24. The number of phenols is 1. The number of hydrogen-bond acceptors (Lipinski definition) is 4. The molecule has 1 fully saturated rings. The van der Waals surface area contributed by atoms with Crippen LogP contribution >= 0.6 is 0 Å². The number of alkyl halides is 3. The summed E-state index contributed by atoms with van der Waals surface area (Å²) in [5.74, 6) is -1.17. The maximum absolute atomic E-state index is 12.7. The van der Waals surface area contributed by atoms with E-state index in [0.29, 0.717) is 18.7 Å². The first-order valence-corrected chi connectivity index (χ1v) is 11.2. The highest BCUT2D eigenvalue weighted by Gasteiger charge is 2.30. The van der Waals surface area contributed by atoms with Gasteiger partial charge in [0.2, 0.25) is 15.9 Å². The fourth-order valence-corrected chi connectivity index (χ4v) is 4.99. The number of sulfonamides is 1. The molecule has 1 aliphatic rings. The maximum Gasteiger partial charge on any atom is 0.416 e. The van der Waals surface area contributed by atoms with Crippen LogP contribution < -0.4 is 5.32 Å². The Balaban J connectivity index is 1.70. The van der Waals surface area contributed by atoms with Crippen LogP contribution in [-0.4, -0.2) is 36.8 Å². The third kappa shape index (κ3) is 5.37. The van der Waals surface area contributed by atoms with Gasteiger partial charge in [-0.1, -0.05) is 19.1 Å². The average molecular weight is 456 g/mol. The van der Waals surface area contributed by atoms with Gasteiger partial charge in [-0.05, 0) is 54.7 Å². The summed E-state index contributed by atoms with van der Waals surface area (Å²) in [6, 6.07) is 8.26. The predicted octanol–water partition coefficient (Wildman–Crippen LogP) is 4.33. The van der Waals surface area contributed by atoms with Crippen molar-refractivity contribution in [2.45, 2.75) is 43.2 Å². The van der Waals surface area contributed by atoms with Crippen molar-refractivity contribution in [2.24, 2.45) is 0 Å². The van der Waals surface area contributed by atoms with Crippen molar-refractivity contribution in [3.8, 4) is 5.75 Å². The van der Waals surface area contributed by atoms with E-state index in [9.17, 15) is 31.5 Å². The van der Waals surface area contributed by atoms with Crippen molar-refractivity contribution in [1.29, 1.82) is 0 Å². The summed E-state index contributed by atoms with van der Waals surface area (Å²) in [4.78, 5) is 12.4. The zero-order valence-electron chi connectivity index (χ0n) is 16.8. The van der Waals surface area contributed by atoms with Gasteiger partial charge in [0, 0.05) is 19.5 Å². The Bertz CT molecular complexity index is 1050. The van der Waals surface area contributed by atoms with Crippen LogP contribution in [0, 0.1) is 0 Å². The quantitative estimate of drug-likeness (QED) is 0.634. The van der Waals surface area contributed by atoms with Crippen LogP contribution in [0.3, 0.4) is 0 Å². The van der Waals surface area contributed by atoms with Gasteiger partial charge in [0.15, 0.2) is 0 Å². The van der Waals surface area contributed by atoms with Crippen LogP contribution in [-0.2, 0) is 21.0 Å². The highest BCUT2D eigenvalue weighted by molar-refractivity contribution is 7.89. The number of halogens is 3. The zero-order valence-corrected chi connectivity index (χ0v) is 17.6. The highest BCUT2D eigenvalue weighted by Crippen LogP contribution is 2.32. The zero-order chi connectivity index (χ0) is 22.8. The predicted molar refractivity (Wildman–Crippen MR) is 109 cm³/mol. The van der Waals surface area contributed by atoms with Gasteiger partial charge in [-0.3, -0.25) is 4.79 Å². The second kappa shape index (κ2) is 8.88. The van der Waals surface area contributed by atoms with Crippen molar-refractivity contribution >= 4 is 21.6 Å². The number of carbonyl (C=O) groups is 1. The monoisotopic (exact) mass is 456 g/mol. The Labute approximate surface area is 178 Å². The molecule has 0 aromatic heterocycles. The molecule has 3 rings (SSSR count). The fraction of sp³-hybridized carbons (Fsp3) is 0.381. The lowest BCUT2D eigenvalue weighted by Gasteiger charge is -2.17. The van der Waals surface area contributed by atoms with Crippen molar-refractivity contribution in [3.63, 3.8) is 0 Å². The lowest BCUT2D eigenvalue weighted by atomic mass is 9.96. The second-order valence-corrected chi connectivity index (χ2v) is 9.50. The Kier molecular flexibility index (Phi) is 6.61. The highest BCUT2D eigenvalue weighted by atomic mass is 32.2. The van der Waals surface area contributed by atoms with Crippen LogP contribution in [0.4, 0.5) is 18.9 Å². The molecule has 0 saturated carbocycles. The largest absolute Gasteiger partial charge is 0.506 e. The van der Waals surface area contributed by atoms with E-state index in [-0.39, 0.29) is 28.7 Å². The third-order valence-corrected chi connectivity index (χ3v) is 7.14. The molecule has 0 aliphatic carbocycles. The molecule has 1 amide bonds. The lowest BCUT2D eigenvalue weighted by molar-refractivity contribution is -0.137. The summed E-state index contributed by atoms with van der Waals surface area (Å²) in [5.41, 5.74) is -0.253. The van der Waals surface area contributed by atoms with Gasteiger partial charge in [0.05, 0.1) is 16.1 Å². The first-order valence-electron chi connectivity index (χ1n) is 9.78. The van der Waals surface area contributed by atoms with Crippen molar-refractivity contribution in [1.82, 2.24) is 4.31 Å². The molecule has 1 aliphatic heterocycles. The van der Waals surface area contributed by atoms with Crippen LogP contribution in [0.15, 0.2) is 47.4 Å². The number of aromatic hydroxyl groups is 1. The number of carbonyl (C=O) groups excluding carboxylic acids is 1. The van der Waals surface area contributed by atoms with E-state index >= 15 is 0 Å². The molecular formula is C21H23F3N2O4S.